The quantitative estimate of drug-likeness (QED) is 0.295. The van der Waals surface area contributed by atoms with Crippen molar-refractivity contribution in [2.24, 2.45) is 0 Å². The first-order valence-corrected chi connectivity index (χ1v) is 12.4. The lowest BCUT2D eigenvalue weighted by atomic mass is 9.89. The first kappa shape index (κ1) is 23.1. The lowest BCUT2D eigenvalue weighted by molar-refractivity contribution is 0.0953. The number of aryl methyl sites for hydroxylation is 1. The van der Waals surface area contributed by atoms with Gasteiger partial charge in [-0.3, -0.25) is 4.79 Å². The molecule has 2 N–H and O–H groups in total. The summed E-state index contributed by atoms with van der Waals surface area (Å²) in [6.07, 6.45) is 4.15. The van der Waals surface area contributed by atoms with E-state index in [-0.39, 0.29) is 11.8 Å². The Bertz CT molecular complexity index is 1620. The number of carbonyl (C=O) groups is 1. The second kappa shape index (κ2) is 9.28. The number of H-pyrrole nitrogens is 1. The molecule has 6 rings (SSSR count). The summed E-state index contributed by atoms with van der Waals surface area (Å²) in [4.78, 5) is 21.7. The highest BCUT2D eigenvalue weighted by atomic mass is 16.5. The highest BCUT2D eigenvalue weighted by Crippen LogP contribution is 2.41. The third kappa shape index (κ3) is 4.08. The largest absolute Gasteiger partial charge is 0.493 e. The predicted octanol–water partition coefficient (Wildman–Crippen LogP) is 5.47. The Labute approximate surface area is 214 Å². The molecule has 5 aromatic rings. The molecule has 3 aromatic heterocycles. The van der Waals surface area contributed by atoms with E-state index >= 15 is 0 Å². The zero-order chi connectivity index (χ0) is 25.5. The number of aromatic nitrogens is 3. The van der Waals surface area contributed by atoms with Gasteiger partial charge in [-0.25, -0.2) is 4.98 Å². The third-order valence-electron chi connectivity index (χ3n) is 7.15. The van der Waals surface area contributed by atoms with E-state index in [0.717, 1.165) is 40.6 Å². The van der Waals surface area contributed by atoms with Crippen molar-refractivity contribution in [3.63, 3.8) is 0 Å². The van der Waals surface area contributed by atoms with Gasteiger partial charge in [0, 0.05) is 46.7 Å². The molecule has 8 nitrogen and oxygen atoms in total. The molecule has 0 radical (unpaired) electrons. The summed E-state index contributed by atoms with van der Waals surface area (Å²) in [6, 6.07) is 15.9. The molecule has 1 aliphatic rings. The molecule has 188 valence electrons. The summed E-state index contributed by atoms with van der Waals surface area (Å²) in [7, 11) is 3.26. The van der Waals surface area contributed by atoms with E-state index in [0.29, 0.717) is 46.3 Å². The van der Waals surface area contributed by atoms with E-state index in [9.17, 15) is 4.79 Å². The molecule has 1 atom stereocenters. The van der Waals surface area contributed by atoms with Crippen LogP contribution in [0, 0.1) is 6.92 Å². The van der Waals surface area contributed by atoms with Crippen molar-refractivity contribution in [2.75, 3.05) is 20.8 Å². The van der Waals surface area contributed by atoms with Gasteiger partial charge in [0.15, 0.2) is 11.5 Å². The number of hydrogen-bond acceptors (Lipinski definition) is 6. The number of ether oxygens (including phenoxy) is 2. The number of pyridine rings is 1. The number of methoxy groups -OCH3 is 2. The molecule has 0 spiro atoms. The van der Waals surface area contributed by atoms with Crippen molar-refractivity contribution in [3.05, 3.63) is 82.8 Å². The van der Waals surface area contributed by atoms with Crippen LogP contribution >= 0.6 is 0 Å². The van der Waals surface area contributed by atoms with Gasteiger partial charge < -0.3 is 24.3 Å². The second-order valence-corrected chi connectivity index (χ2v) is 9.45. The first-order valence-electron chi connectivity index (χ1n) is 12.4. The molecular weight excluding hydrogens is 468 g/mol. The minimum absolute atomic E-state index is 0.188. The number of aromatic amines is 1. The maximum Gasteiger partial charge on any atom is 0.259 e. The molecular formula is C29H28N4O4. The number of nitrogens with zero attached hydrogens (tertiary/aromatic N) is 2. The summed E-state index contributed by atoms with van der Waals surface area (Å²) in [5.74, 6) is 1.27. The molecule has 0 aliphatic heterocycles. The average Bonchev–Trinajstić information content (AvgIpc) is 3.60. The normalized spacial score (nSPS) is 14.1. The predicted molar refractivity (Wildman–Crippen MR) is 141 cm³/mol. The molecule has 0 saturated heterocycles. The van der Waals surface area contributed by atoms with Crippen LogP contribution in [0.15, 0.2) is 59.3 Å². The smallest absolute Gasteiger partial charge is 0.259 e. The average molecular weight is 497 g/mol. The first-order chi connectivity index (χ1) is 18.1. The van der Waals surface area contributed by atoms with Crippen molar-refractivity contribution in [1.82, 2.24) is 20.4 Å². The van der Waals surface area contributed by atoms with E-state index in [1.54, 1.807) is 14.2 Å². The van der Waals surface area contributed by atoms with Crippen molar-refractivity contribution >= 4 is 27.9 Å². The highest BCUT2D eigenvalue weighted by molar-refractivity contribution is 6.06. The van der Waals surface area contributed by atoms with Crippen molar-refractivity contribution in [3.8, 4) is 11.5 Å². The zero-order valence-corrected chi connectivity index (χ0v) is 21.0. The van der Waals surface area contributed by atoms with Gasteiger partial charge in [0.25, 0.3) is 11.6 Å². The lowest BCUT2D eigenvalue weighted by Gasteiger charge is -2.22. The maximum atomic E-state index is 13.7. The van der Waals surface area contributed by atoms with Crippen molar-refractivity contribution < 1.29 is 18.8 Å². The van der Waals surface area contributed by atoms with Crippen LogP contribution in [0.3, 0.4) is 0 Å². The Kier molecular flexibility index (Phi) is 5.79. The van der Waals surface area contributed by atoms with Gasteiger partial charge in [-0.15, -0.1) is 0 Å². The number of nitrogens with one attached hydrogen (secondary N) is 2. The summed E-state index contributed by atoms with van der Waals surface area (Å²) < 4.78 is 16.8. The molecule has 2 aromatic carbocycles. The number of rotatable bonds is 8. The molecule has 1 fully saturated rings. The maximum absolute atomic E-state index is 13.7. The SMILES string of the molecule is COc1cccc([C@H](CNC(=O)c2cc(C3CC3)nc3onc(C)c23)c2c[nH]c3ccccc23)c1OC. The molecule has 1 aliphatic carbocycles. The van der Waals surface area contributed by atoms with E-state index in [2.05, 4.69) is 26.5 Å². The number of fused-ring (bicyclic) bond motifs is 2. The van der Waals surface area contributed by atoms with Crippen LogP contribution in [0.5, 0.6) is 11.5 Å². The Morgan fingerprint density at radius 2 is 1.97 bits per heavy atom. The van der Waals surface area contributed by atoms with Gasteiger partial charge in [0.2, 0.25) is 0 Å². The molecule has 0 bridgehead atoms. The Morgan fingerprint density at radius 1 is 1.14 bits per heavy atom. The molecule has 3 heterocycles. The molecule has 8 heteroatoms. The highest BCUT2D eigenvalue weighted by Gasteiger charge is 2.29. The fourth-order valence-electron chi connectivity index (χ4n) is 5.13. The van der Waals surface area contributed by atoms with Gasteiger partial charge in [-0.05, 0) is 43.5 Å². The number of amides is 1. The second-order valence-electron chi connectivity index (χ2n) is 9.45. The minimum Gasteiger partial charge on any atom is -0.493 e. The molecule has 1 saturated carbocycles. The van der Waals surface area contributed by atoms with Crippen LogP contribution in [0.4, 0.5) is 0 Å². The van der Waals surface area contributed by atoms with E-state index < -0.39 is 0 Å². The Hall–Kier alpha value is -4.33. The Balaban J connectivity index is 1.40. The summed E-state index contributed by atoms with van der Waals surface area (Å²) in [5, 5.41) is 9.00. The van der Waals surface area contributed by atoms with Crippen LogP contribution < -0.4 is 14.8 Å². The number of benzene rings is 2. The minimum atomic E-state index is -0.200. The van der Waals surface area contributed by atoms with Crippen molar-refractivity contribution in [2.45, 2.75) is 31.6 Å². The van der Waals surface area contributed by atoms with Gasteiger partial charge in [-0.2, -0.15) is 0 Å². The van der Waals surface area contributed by atoms with Crippen LogP contribution in [0.2, 0.25) is 0 Å². The number of carbonyl (C=O) groups excluding carboxylic acids is 1. The van der Waals surface area contributed by atoms with Crippen LogP contribution in [0.25, 0.3) is 22.0 Å². The summed E-state index contributed by atoms with van der Waals surface area (Å²) >= 11 is 0. The number of hydrogen-bond donors (Lipinski definition) is 2. The van der Waals surface area contributed by atoms with Crippen LogP contribution in [-0.2, 0) is 0 Å². The van der Waals surface area contributed by atoms with Crippen molar-refractivity contribution in [1.29, 1.82) is 0 Å². The Morgan fingerprint density at radius 3 is 2.76 bits per heavy atom. The van der Waals surface area contributed by atoms with Crippen LogP contribution in [0.1, 0.15) is 57.6 Å². The standard InChI is InChI=1S/C29H28N4O4/c1-16-26-20(13-24(17-11-12-17)32-29(26)37-33-16)28(34)31-15-22(19-8-6-10-25(35-2)27(19)36-3)21-14-30-23-9-5-4-7-18(21)23/h4-10,13-14,17,22,30H,11-12,15H2,1-3H3,(H,31,34)/t22-/m0/s1. The van der Waals surface area contributed by atoms with E-state index in [1.807, 2.05) is 55.6 Å². The van der Waals surface area contributed by atoms with E-state index in [4.69, 9.17) is 14.0 Å². The van der Waals surface area contributed by atoms with Gasteiger partial charge in [0.1, 0.15) is 0 Å². The van der Waals surface area contributed by atoms with Gasteiger partial charge in [-0.1, -0.05) is 35.5 Å². The van der Waals surface area contributed by atoms with Gasteiger partial charge >= 0.3 is 0 Å². The summed E-state index contributed by atoms with van der Waals surface area (Å²) in [6.45, 7) is 2.17. The zero-order valence-electron chi connectivity index (χ0n) is 21.0. The lowest BCUT2D eigenvalue weighted by Crippen LogP contribution is -2.29. The van der Waals surface area contributed by atoms with E-state index in [1.165, 1.54) is 0 Å². The molecule has 0 unspecified atom stereocenters. The van der Waals surface area contributed by atoms with Gasteiger partial charge in [0.05, 0.1) is 30.9 Å². The van der Waals surface area contributed by atoms with Crippen LogP contribution in [-0.4, -0.2) is 41.8 Å². The topological polar surface area (TPSA) is 102 Å². The number of para-hydroxylation sites is 2. The molecule has 1 amide bonds. The fourth-order valence-corrected chi connectivity index (χ4v) is 5.13. The monoisotopic (exact) mass is 496 g/mol. The third-order valence-corrected chi connectivity index (χ3v) is 7.15. The fraction of sp³-hybridized carbons (Fsp3) is 0.276. The molecule has 37 heavy (non-hydrogen) atoms. The summed E-state index contributed by atoms with van der Waals surface area (Å²) in [5.41, 5.74) is 5.50.